The maximum absolute atomic E-state index is 11.8. The van der Waals surface area contributed by atoms with Crippen molar-refractivity contribution in [2.45, 2.75) is 69.2 Å². The zero-order chi connectivity index (χ0) is 44.5. The highest BCUT2D eigenvalue weighted by molar-refractivity contribution is 6.37. The standard InChI is InChI=1S/C45H51Cl2N9O7/c1-3-7-28-13-12-26(21-50-28)42-51-40(53-62-42)31-8-5-10-35-29(31)14-16-55(35)22-44(48,24-57)38(59)39(60)45(49,25-58)23-56-17-15-30-32(9-6-11-36(30)56)41-52-43(63-54-41)27-19-33(46)37(34(47)20-27)61-18-4-2/h5-6,8-13,19-21,38-39,57-60H,3-4,7,14-18,22-25,48-49H2,1-2H3. The highest BCUT2D eigenvalue weighted by Crippen LogP contribution is 2.41. The van der Waals surface area contributed by atoms with E-state index < -0.39 is 36.5 Å². The molecule has 0 amide bonds. The summed E-state index contributed by atoms with van der Waals surface area (Å²) in [5.41, 5.74) is 17.3. The van der Waals surface area contributed by atoms with Crippen molar-refractivity contribution >= 4 is 34.6 Å². The Kier molecular flexibility index (Phi) is 13.1. The molecule has 18 heteroatoms. The van der Waals surface area contributed by atoms with Crippen molar-refractivity contribution in [3.8, 4) is 51.4 Å². The summed E-state index contributed by atoms with van der Waals surface area (Å²) in [5, 5.41) is 54.2. The fourth-order valence-corrected chi connectivity index (χ4v) is 9.04. The van der Waals surface area contributed by atoms with Crippen LogP contribution in [0, 0.1) is 0 Å². The van der Waals surface area contributed by atoms with Crippen LogP contribution in [0.25, 0.3) is 45.7 Å². The van der Waals surface area contributed by atoms with Gasteiger partial charge >= 0.3 is 0 Å². The predicted octanol–water partition coefficient (Wildman–Crippen LogP) is 5.09. The van der Waals surface area contributed by atoms with E-state index in [4.69, 9.17) is 48.5 Å². The van der Waals surface area contributed by atoms with E-state index >= 15 is 0 Å². The highest BCUT2D eigenvalue weighted by atomic mass is 35.5. The molecule has 0 radical (unpaired) electrons. The number of ether oxygens (including phenoxy) is 1. The summed E-state index contributed by atoms with van der Waals surface area (Å²) in [7, 11) is 0. The summed E-state index contributed by atoms with van der Waals surface area (Å²) in [6.07, 6.45) is 2.09. The Hall–Kier alpha value is -5.17. The second-order valence-corrected chi connectivity index (χ2v) is 17.2. The van der Waals surface area contributed by atoms with Gasteiger partial charge in [-0.05, 0) is 73.2 Å². The molecule has 2 aliphatic heterocycles. The first-order chi connectivity index (χ1) is 30.4. The molecule has 2 aliphatic rings. The summed E-state index contributed by atoms with van der Waals surface area (Å²) >= 11 is 13.0. The quantitative estimate of drug-likeness (QED) is 0.0659. The number of anilines is 2. The lowest BCUT2D eigenvalue weighted by Gasteiger charge is -2.45. The number of aromatic nitrogens is 5. The van der Waals surface area contributed by atoms with Crippen molar-refractivity contribution in [1.82, 2.24) is 25.3 Å². The van der Waals surface area contributed by atoms with Gasteiger partial charge in [-0.3, -0.25) is 4.98 Å². The zero-order valence-electron chi connectivity index (χ0n) is 35.0. The molecule has 0 spiro atoms. The van der Waals surface area contributed by atoms with Gasteiger partial charge in [0.05, 0.1) is 46.5 Å². The molecule has 0 saturated carbocycles. The molecule has 332 valence electrons. The number of aryl methyl sites for hydroxylation is 1. The van der Waals surface area contributed by atoms with Gasteiger partial charge in [-0.25, -0.2) is 0 Å². The highest BCUT2D eigenvalue weighted by Gasteiger charge is 2.49. The Morgan fingerprint density at radius 3 is 1.73 bits per heavy atom. The minimum atomic E-state index is -1.76. The van der Waals surface area contributed by atoms with Crippen LogP contribution in [0.1, 0.15) is 43.5 Å². The summed E-state index contributed by atoms with van der Waals surface area (Å²) in [4.78, 5) is 17.7. The predicted molar refractivity (Wildman–Crippen MR) is 240 cm³/mol. The van der Waals surface area contributed by atoms with Gasteiger partial charge in [0.25, 0.3) is 11.8 Å². The topological polar surface area (TPSA) is 239 Å². The van der Waals surface area contributed by atoms with Gasteiger partial charge in [-0.2, -0.15) is 9.97 Å². The molecule has 6 aromatic rings. The van der Waals surface area contributed by atoms with Crippen LogP contribution in [0.5, 0.6) is 5.75 Å². The molecule has 8 rings (SSSR count). The van der Waals surface area contributed by atoms with Gasteiger partial charge in [-0.15, -0.1) is 0 Å². The Morgan fingerprint density at radius 2 is 1.27 bits per heavy atom. The Balaban J connectivity index is 0.965. The maximum Gasteiger partial charge on any atom is 0.259 e. The second kappa shape index (κ2) is 18.5. The molecular formula is C45H51Cl2N9O7. The first-order valence-corrected chi connectivity index (χ1v) is 21.8. The number of aliphatic hydroxyl groups is 4. The number of aliphatic hydroxyl groups excluding tert-OH is 4. The third kappa shape index (κ3) is 8.74. The van der Waals surface area contributed by atoms with Crippen molar-refractivity contribution in [2.24, 2.45) is 11.5 Å². The summed E-state index contributed by atoms with van der Waals surface area (Å²) in [6.45, 7) is 4.07. The Labute approximate surface area is 374 Å². The third-order valence-corrected chi connectivity index (χ3v) is 12.5. The zero-order valence-corrected chi connectivity index (χ0v) is 36.6. The van der Waals surface area contributed by atoms with E-state index in [-0.39, 0.29) is 19.0 Å². The van der Waals surface area contributed by atoms with Crippen LogP contribution in [0.4, 0.5) is 11.4 Å². The SMILES string of the molecule is CCCOc1c(Cl)cc(-c2nc(-c3cccc4c3CCN4CC(N)(CO)C(O)C(O)C(N)(CO)CN3CCc4c(-c5noc(-c6ccc(CCC)nc6)n5)cccc43)no2)cc1Cl. The van der Waals surface area contributed by atoms with Crippen molar-refractivity contribution < 1.29 is 34.2 Å². The Morgan fingerprint density at radius 1 is 0.746 bits per heavy atom. The van der Waals surface area contributed by atoms with Crippen molar-refractivity contribution in [3.63, 3.8) is 0 Å². The number of nitrogens with two attached hydrogens (primary N) is 2. The van der Waals surface area contributed by atoms with Crippen molar-refractivity contribution in [2.75, 3.05) is 55.8 Å². The number of benzene rings is 3. The van der Waals surface area contributed by atoms with Crippen LogP contribution in [0.3, 0.4) is 0 Å². The molecule has 3 aromatic carbocycles. The normalized spacial score (nSPS) is 16.4. The molecule has 3 aromatic heterocycles. The summed E-state index contributed by atoms with van der Waals surface area (Å²) in [6, 6.07) is 18.5. The molecule has 8 N–H and O–H groups in total. The lowest BCUT2D eigenvalue weighted by molar-refractivity contribution is -0.0842. The Bertz CT molecular complexity index is 2530. The monoisotopic (exact) mass is 899 g/mol. The average molecular weight is 901 g/mol. The summed E-state index contributed by atoms with van der Waals surface area (Å²) < 4.78 is 17.0. The van der Waals surface area contributed by atoms with Crippen LogP contribution in [-0.2, 0) is 19.3 Å². The van der Waals surface area contributed by atoms with Gasteiger partial charge in [0, 0.05) is 66.1 Å². The van der Waals surface area contributed by atoms with Crippen LogP contribution in [0.2, 0.25) is 10.0 Å². The minimum Gasteiger partial charge on any atom is -0.490 e. The van der Waals surface area contributed by atoms with E-state index in [0.29, 0.717) is 71.4 Å². The van der Waals surface area contributed by atoms with E-state index in [0.717, 1.165) is 64.1 Å². The van der Waals surface area contributed by atoms with Gasteiger partial charge in [0.1, 0.15) is 12.2 Å². The number of nitrogens with zero attached hydrogens (tertiary/aromatic N) is 7. The molecule has 0 fully saturated rings. The average Bonchev–Trinajstić information content (AvgIpc) is 4.14. The molecule has 0 aliphatic carbocycles. The first-order valence-electron chi connectivity index (χ1n) is 21.0. The van der Waals surface area contributed by atoms with E-state index in [1.54, 1.807) is 18.3 Å². The summed E-state index contributed by atoms with van der Waals surface area (Å²) in [5.74, 6) is 1.73. The lowest BCUT2D eigenvalue weighted by atomic mass is 9.80. The fraction of sp³-hybridized carbons (Fsp3) is 0.400. The number of halogens is 2. The van der Waals surface area contributed by atoms with Gasteiger partial charge in [-0.1, -0.05) is 78.0 Å². The van der Waals surface area contributed by atoms with Gasteiger partial charge < -0.3 is 55.5 Å². The number of hydrogen-bond donors (Lipinski definition) is 6. The number of rotatable bonds is 18. The van der Waals surface area contributed by atoms with E-state index in [1.165, 1.54) is 0 Å². The maximum atomic E-state index is 11.8. The fourth-order valence-electron chi connectivity index (χ4n) is 8.44. The minimum absolute atomic E-state index is 0.0370. The molecule has 4 atom stereocenters. The molecule has 0 saturated heterocycles. The number of fused-ring (bicyclic) bond motifs is 2. The van der Waals surface area contributed by atoms with Crippen LogP contribution >= 0.6 is 23.2 Å². The third-order valence-electron chi connectivity index (χ3n) is 11.9. The smallest absolute Gasteiger partial charge is 0.259 e. The van der Waals surface area contributed by atoms with Gasteiger partial charge in [0.2, 0.25) is 11.6 Å². The number of hydrogen-bond acceptors (Lipinski definition) is 16. The van der Waals surface area contributed by atoms with E-state index in [1.807, 2.05) is 65.3 Å². The van der Waals surface area contributed by atoms with Crippen molar-refractivity contribution in [3.05, 3.63) is 93.7 Å². The largest absolute Gasteiger partial charge is 0.490 e. The molecule has 5 heterocycles. The van der Waals surface area contributed by atoms with E-state index in [2.05, 4.69) is 32.2 Å². The molecule has 0 bridgehead atoms. The molecule has 4 unspecified atom stereocenters. The lowest BCUT2D eigenvalue weighted by Crippen LogP contribution is -2.72. The van der Waals surface area contributed by atoms with Crippen molar-refractivity contribution in [1.29, 1.82) is 0 Å². The van der Waals surface area contributed by atoms with E-state index in [9.17, 15) is 20.4 Å². The molecular weight excluding hydrogens is 849 g/mol. The number of pyridine rings is 1. The second-order valence-electron chi connectivity index (χ2n) is 16.4. The van der Waals surface area contributed by atoms with Crippen LogP contribution in [-0.4, -0.2) is 115 Å². The molecule has 16 nitrogen and oxygen atoms in total. The van der Waals surface area contributed by atoms with Crippen LogP contribution in [0.15, 0.2) is 75.9 Å². The van der Waals surface area contributed by atoms with Crippen LogP contribution < -0.4 is 26.0 Å². The molecule has 63 heavy (non-hydrogen) atoms. The first kappa shape index (κ1) is 44.4. The van der Waals surface area contributed by atoms with Gasteiger partial charge in [0.15, 0.2) is 5.75 Å².